The van der Waals surface area contributed by atoms with Gasteiger partial charge in [-0.15, -0.1) is 9.24 Å². The Hall–Kier alpha value is 0.310. The Morgan fingerprint density at radius 2 is 1.60 bits per heavy atom. The summed E-state index contributed by atoms with van der Waals surface area (Å²) < 4.78 is 0. The first-order valence-electron chi connectivity index (χ1n) is 3.43. The van der Waals surface area contributed by atoms with Crippen LogP contribution in [0.15, 0.2) is 0 Å². The summed E-state index contributed by atoms with van der Waals surface area (Å²) in [6.07, 6.45) is 3.68. The fourth-order valence-corrected chi connectivity index (χ4v) is 0.972. The van der Waals surface area contributed by atoms with Crippen LogP contribution in [0.3, 0.4) is 0 Å². The van der Waals surface area contributed by atoms with Crippen LogP contribution in [0.1, 0.15) is 25.7 Å². The van der Waals surface area contributed by atoms with Gasteiger partial charge in [0.25, 0.3) is 5.97 Å². The monoisotopic (exact) mass is 166 g/mol. The quantitative estimate of drug-likeness (QED) is 0.307. The molecule has 10 heavy (non-hydrogen) atoms. The van der Waals surface area contributed by atoms with Gasteiger partial charge in [-0.05, 0) is 19.0 Å². The van der Waals surface area contributed by atoms with E-state index in [1.165, 1.54) is 0 Å². The molecule has 1 atom stereocenters. The Labute approximate surface area is 63.3 Å². The molecule has 0 aliphatic rings. The number of hydrogen-bond donors (Lipinski definition) is 3. The van der Waals surface area contributed by atoms with Gasteiger partial charge < -0.3 is 15.3 Å². The van der Waals surface area contributed by atoms with Crippen molar-refractivity contribution in [2.24, 2.45) is 0 Å². The van der Waals surface area contributed by atoms with E-state index in [4.69, 9.17) is 15.3 Å². The van der Waals surface area contributed by atoms with Crippen LogP contribution < -0.4 is 0 Å². The van der Waals surface area contributed by atoms with E-state index in [2.05, 4.69) is 9.24 Å². The lowest BCUT2D eigenvalue weighted by atomic mass is 10.2. The topological polar surface area (TPSA) is 60.7 Å². The van der Waals surface area contributed by atoms with Crippen LogP contribution in [-0.2, 0) is 0 Å². The number of unbranched alkanes of at least 4 members (excludes halogenated alkanes) is 2. The van der Waals surface area contributed by atoms with Crippen LogP contribution in [0.25, 0.3) is 0 Å². The van der Waals surface area contributed by atoms with Gasteiger partial charge in [-0.2, -0.15) is 0 Å². The van der Waals surface area contributed by atoms with E-state index < -0.39 is 5.97 Å². The molecule has 0 amide bonds. The van der Waals surface area contributed by atoms with Crippen LogP contribution in [-0.4, -0.2) is 27.5 Å². The van der Waals surface area contributed by atoms with Gasteiger partial charge in [0.2, 0.25) is 0 Å². The zero-order valence-corrected chi connectivity index (χ0v) is 7.11. The molecule has 3 nitrogen and oxygen atoms in total. The molecule has 0 saturated carbocycles. The largest absolute Gasteiger partial charge is 0.344 e. The van der Waals surface area contributed by atoms with Crippen LogP contribution in [0.2, 0.25) is 0 Å². The SMILES string of the molecule is OC(O)(O)CCCCCP. The zero-order chi connectivity index (χ0) is 8.04. The van der Waals surface area contributed by atoms with Crippen LogP contribution in [0.5, 0.6) is 0 Å². The Morgan fingerprint density at radius 1 is 1.00 bits per heavy atom. The first-order valence-corrected chi connectivity index (χ1v) is 4.25. The molecule has 0 heterocycles. The second-order valence-corrected chi connectivity index (χ2v) is 2.95. The third-order valence-corrected chi connectivity index (χ3v) is 1.62. The van der Waals surface area contributed by atoms with Gasteiger partial charge in [-0.3, -0.25) is 0 Å². The molecule has 0 aliphatic heterocycles. The summed E-state index contributed by atoms with van der Waals surface area (Å²) in [4.78, 5) is 0. The molecule has 4 heteroatoms. The summed E-state index contributed by atoms with van der Waals surface area (Å²) in [5, 5.41) is 25.3. The van der Waals surface area contributed by atoms with Gasteiger partial charge in [-0.1, -0.05) is 6.42 Å². The fourth-order valence-electron chi connectivity index (χ4n) is 0.683. The van der Waals surface area contributed by atoms with Crippen molar-refractivity contribution < 1.29 is 15.3 Å². The second-order valence-electron chi connectivity index (χ2n) is 2.37. The fraction of sp³-hybridized carbons (Fsp3) is 1.00. The van der Waals surface area contributed by atoms with Gasteiger partial charge in [0.15, 0.2) is 0 Å². The van der Waals surface area contributed by atoms with E-state index >= 15 is 0 Å². The minimum Gasteiger partial charge on any atom is -0.344 e. The predicted octanol–water partition coefficient (Wildman–Crippen LogP) is 0.0526. The molecule has 0 aromatic heterocycles. The highest BCUT2D eigenvalue weighted by molar-refractivity contribution is 7.16. The Morgan fingerprint density at radius 3 is 2.00 bits per heavy atom. The molecule has 0 saturated heterocycles. The molecule has 0 fully saturated rings. The molecule has 0 bridgehead atoms. The normalized spacial score (nSPS) is 12.0. The second kappa shape index (κ2) is 5.03. The third kappa shape index (κ3) is 8.31. The van der Waals surface area contributed by atoms with Crippen LogP contribution in [0.4, 0.5) is 0 Å². The highest BCUT2D eigenvalue weighted by atomic mass is 31.0. The lowest BCUT2D eigenvalue weighted by molar-refractivity contribution is -0.314. The maximum absolute atomic E-state index is 8.42. The molecule has 0 aromatic rings. The third-order valence-electron chi connectivity index (χ3n) is 1.22. The van der Waals surface area contributed by atoms with E-state index in [1.54, 1.807) is 0 Å². The molecular formula is C6H15O3P. The Balaban J connectivity index is 3.04. The van der Waals surface area contributed by atoms with Gasteiger partial charge in [0.05, 0.1) is 0 Å². The van der Waals surface area contributed by atoms with Crippen molar-refractivity contribution in [1.82, 2.24) is 0 Å². The number of hydrogen-bond acceptors (Lipinski definition) is 3. The van der Waals surface area contributed by atoms with Gasteiger partial charge in [-0.25, -0.2) is 0 Å². The van der Waals surface area contributed by atoms with Crippen molar-refractivity contribution in [3.05, 3.63) is 0 Å². The first kappa shape index (κ1) is 10.3. The number of rotatable bonds is 5. The van der Waals surface area contributed by atoms with E-state index in [9.17, 15) is 0 Å². The van der Waals surface area contributed by atoms with Crippen molar-refractivity contribution in [3.63, 3.8) is 0 Å². The Kier molecular flexibility index (Phi) is 5.18. The average Bonchev–Trinajstić information content (AvgIpc) is 1.78. The van der Waals surface area contributed by atoms with Crippen LogP contribution >= 0.6 is 9.24 Å². The van der Waals surface area contributed by atoms with Crippen molar-refractivity contribution in [3.8, 4) is 0 Å². The minimum atomic E-state index is -2.46. The summed E-state index contributed by atoms with van der Waals surface area (Å²) in [5.74, 6) is -2.46. The molecule has 0 rings (SSSR count). The molecule has 0 spiro atoms. The van der Waals surface area contributed by atoms with Gasteiger partial charge >= 0.3 is 0 Å². The van der Waals surface area contributed by atoms with E-state index in [0.717, 1.165) is 19.0 Å². The number of aliphatic hydroxyl groups is 3. The summed E-state index contributed by atoms with van der Waals surface area (Å²) >= 11 is 0. The van der Waals surface area contributed by atoms with Gasteiger partial charge in [0, 0.05) is 6.42 Å². The maximum atomic E-state index is 8.42. The zero-order valence-electron chi connectivity index (χ0n) is 5.95. The Bertz CT molecular complexity index is 79.6. The summed E-state index contributed by atoms with van der Waals surface area (Å²) in [6, 6.07) is 0. The standard InChI is InChI=1S/C6H15O3P/c7-6(8,9)4-2-1-3-5-10/h7-9H,1-5,10H2. The van der Waals surface area contributed by atoms with Gasteiger partial charge in [0.1, 0.15) is 0 Å². The van der Waals surface area contributed by atoms with Crippen LogP contribution in [0, 0.1) is 0 Å². The molecule has 0 aromatic carbocycles. The maximum Gasteiger partial charge on any atom is 0.275 e. The first-order chi connectivity index (χ1) is 4.56. The minimum absolute atomic E-state index is 0.0394. The lowest BCUT2D eigenvalue weighted by Crippen LogP contribution is -2.26. The van der Waals surface area contributed by atoms with Crippen molar-refractivity contribution in [1.29, 1.82) is 0 Å². The average molecular weight is 166 g/mol. The highest BCUT2D eigenvalue weighted by Crippen LogP contribution is 2.08. The summed E-state index contributed by atoms with van der Waals surface area (Å²) in [5.41, 5.74) is 0. The molecule has 62 valence electrons. The highest BCUT2D eigenvalue weighted by Gasteiger charge is 2.15. The van der Waals surface area contributed by atoms with E-state index in [-0.39, 0.29) is 6.42 Å². The van der Waals surface area contributed by atoms with Crippen molar-refractivity contribution in [2.45, 2.75) is 31.7 Å². The summed E-state index contributed by atoms with van der Waals surface area (Å²) in [6.45, 7) is 0. The molecule has 0 aliphatic carbocycles. The van der Waals surface area contributed by atoms with E-state index in [0.29, 0.717) is 6.42 Å². The molecular weight excluding hydrogens is 151 g/mol. The molecule has 1 unspecified atom stereocenters. The lowest BCUT2D eigenvalue weighted by Gasteiger charge is -2.12. The van der Waals surface area contributed by atoms with E-state index in [1.807, 2.05) is 0 Å². The molecule has 3 N–H and O–H groups in total. The molecule has 0 radical (unpaired) electrons. The van der Waals surface area contributed by atoms with Crippen molar-refractivity contribution >= 4 is 9.24 Å². The summed E-state index contributed by atoms with van der Waals surface area (Å²) in [7, 11) is 2.59. The van der Waals surface area contributed by atoms with Crippen molar-refractivity contribution in [2.75, 3.05) is 6.16 Å². The smallest absolute Gasteiger partial charge is 0.275 e. The predicted molar refractivity (Wildman–Crippen MR) is 42.4 cm³/mol.